The zero-order chi connectivity index (χ0) is 7.82. The highest BCUT2D eigenvalue weighted by atomic mass is 14.0. The number of hydrogen-bond donors (Lipinski definition) is 0. The van der Waals surface area contributed by atoms with E-state index in [4.69, 9.17) is 7.85 Å². The summed E-state index contributed by atoms with van der Waals surface area (Å²) < 4.78 is 0. The molecule has 2 radical (unpaired) electrons. The fraction of sp³-hybridized carbons (Fsp3) is 0.778. The molecule has 0 aliphatic carbocycles. The largest absolute Gasteiger partial charge is 0.103 e. The number of allylic oxidation sites excluding steroid dienone is 1. The summed E-state index contributed by atoms with van der Waals surface area (Å²) in [5, 5.41) is 0. The van der Waals surface area contributed by atoms with E-state index in [1.54, 1.807) is 0 Å². The van der Waals surface area contributed by atoms with Gasteiger partial charge in [-0.15, -0.1) is 6.58 Å². The minimum atomic E-state index is 0.702. The summed E-state index contributed by atoms with van der Waals surface area (Å²) >= 11 is 0. The van der Waals surface area contributed by atoms with Gasteiger partial charge in [-0.1, -0.05) is 32.2 Å². The lowest BCUT2D eigenvalue weighted by atomic mass is 9.92. The van der Waals surface area contributed by atoms with E-state index >= 15 is 0 Å². The van der Waals surface area contributed by atoms with Crippen LogP contribution in [0, 0.1) is 5.92 Å². The van der Waals surface area contributed by atoms with E-state index in [9.17, 15) is 0 Å². The molecule has 56 valence electrons. The summed E-state index contributed by atoms with van der Waals surface area (Å²) in [5.74, 6) is 0.702. The van der Waals surface area contributed by atoms with Crippen molar-refractivity contribution in [2.45, 2.75) is 38.9 Å². The lowest BCUT2D eigenvalue weighted by Crippen LogP contribution is -1.94. The van der Waals surface area contributed by atoms with Crippen LogP contribution < -0.4 is 0 Å². The smallest absolute Gasteiger partial charge is 0.0653 e. The van der Waals surface area contributed by atoms with Crippen LogP contribution in [0.5, 0.6) is 0 Å². The molecule has 0 bridgehead atoms. The molecular weight excluding hydrogens is 119 g/mol. The van der Waals surface area contributed by atoms with Crippen LogP contribution in [0.3, 0.4) is 0 Å². The Bertz CT molecular complexity index is 78.8. The van der Waals surface area contributed by atoms with Crippen molar-refractivity contribution in [3.8, 4) is 0 Å². The molecule has 1 unspecified atom stereocenters. The summed E-state index contributed by atoms with van der Waals surface area (Å²) in [6, 6.07) is 0. The van der Waals surface area contributed by atoms with E-state index < -0.39 is 0 Å². The average Bonchev–Trinajstić information content (AvgIpc) is 1.98. The van der Waals surface area contributed by atoms with Crippen molar-refractivity contribution in [2.24, 2.45) is 5.92 Å². The van der Waals surface area contributed by atoms with Crippen molar-refractivity contribution in [1.82, 2.24) is 0 Å². The van der Waals surface area contributed by atoms with Gasteiger partial charge >= 0.3 is 0 Å². The Balaban J connectivity index is 3.29. The molecule has 0 heterocycles. The average molecular weight is 136 g/mol. The molecule has 0 N–H and O–H groups in total. The monoisotopic (exact) mass is 136 g/mol. The molecule has 0 amide bonds. The standard InChI is InChI=1S/C9H17B/c1-3-6-9(4-2)7-5-8-10/h4,9H,2-3,5-8H2,1H3. The molecule has 1 atom stereocenters. The molecule has 0 aliphatic rings. The summed E-state index contributed by atoms with van der Waals surface area (Å²) in [6.07, 6.45) is 7.74. The Hall–Kier alpha value is -0.195. The van der Waals surface area contributed by atoms with Gasteiger partial charge in [0.1, 0.15) is 0 Å². The van der Waals surface area contributed by atoms with Gasteiger partial charge in [-0.2, -0.15) is 0 Å². The fourth-order valence-corrected chi connectivity index (χ4v) is 1.13. The first kappa shape index (κ1) is 9.80. The second kappa shape index (κ2) is 6.92. The van der Waals surface area contributed by atoms with Gasteiger partial charge < -0.3 is 0 Å². The Kier molecular flexibility index (Phi) is 6.78. The number of hydrogen-bond acceptors (Lipinski definition) is 0. The van der Waals surface area contributed by atoms with E-state index in [0.717, 1.165) is 12.7 Å². The molecule has 0 aromatic heterocycles. The summed E-state index contributed by atoms with van der Waals surface area (Å²) in [6.45, 7) is 6.00. The van der Waals surface area contributed by atoms with E-state index in [1.165, 1.54) is 19.3 Å². The molecule has 0 saturated heterocycles. The highest BCUT2D eigenvalue weighted by Crippen LogP contribution is 2.14. The quantitative estimate of drug-likeness (QED) is 0.389. The zero-order valence-corrected chi connectivity index (χ0v) is 6.97. The first-order chi connectivity index (χ1) is 4.85. The van der Waals surface area contributed by atoms with Crippen LogP contribution in [-0.4, -0.2) is 7.85 Å². The third kappa shape index (κ3) is 4.66. The zero-order valence-electron chi connectivity index (χ0n) is 6.97. The Morgan fingerprint density at radius 2 is 2.20 bits per heavy atom. The van der Waals surface area contributed by atoms with Gasteiger partial charge in [0.15, 0.2) is 0 Å². The highest BCUT2D eigenvalue weighted by Gasteiger charge is 1.99. The molecule has 10 heavy (non-hydrogen) atoms. The lowest BCUT2D eigenvalue weighted by molar-refractivity contribution is 0.531. The third-order valence-corrected chi connectivity index (χ3v) is 1.77. The third-order valence-electron chi connectivity index (χ3n) is 1.77. The van der Waals surface area contributed by atoms with Crippen LogP contribution in [0.4, 0.5) is 0 Å². The maximum atomic E-state index is 5.39. The first-order valence-electron chi connectivity index (χ1n) is 4.17. The molecule has 0 fully saturated rings. The van der Waals surface area contributed by atoms with Gasteiger partial charge in [0.05, 0.1) is 7.85 Å². The van der Waals surface area contributed by atoms with Crippen molar-refractivity contribution >= 4 is 7.85 Å². The summed E-state index contributed by atoms with van der Waals surface area (Å²) in [5.41, 5.74) is 0. The van der Waals surface area contributed by atoms with Gasteiger partial charge in [0.2, 0.25) is 0 Å². The summed E-state index contributed by atoms with van der Waals surface area (Å²) in [7, 11) is 5.39. The minimum Gasteiger partial charge on any atom is -0.103 e. The van der Waals surface area contributed by atoms with Crippen molar-refractivity contribution < 1.29 is 0 Å². The fourth-order valence-electron chi connectivity index (χ4n) is 1.13. The minimum absolute atomic E-state index is 0.702. The van der Waals surface area contributed by atoms with Crippen LogP contribution in [0.25, 0.3) is 0 Å². The van der Waals surface area contributed by atoms with Crippen molar-refractivity contribution in [2.75, 3.05) is 0 Å². The van der Waals surface area contributed by atoms with E-state index in [1.807, 2.05) is 0 Å². The molecular formula is C9H17B. The van der Waals surface area contributed by atoms with Crippen molar-refractivity contribution in [3.05, 3.63) is 12.7 Å². The van der Waals surface area contributed by atoms with Crippen LogP contribution in [0.2, 0.25) is 6.32 Å². The van der Waals surface area contributed by atoms with Gasteiger partial charge in [-0.05, 0) is 18.8 Å². The normalized spacial score (nSPS) is 12.9. The Morgan fingerprint density at radius 1 is 1.50 bits per heavy atom. The van der Waals surface area contributed by atoms with Gasteiger partial charge in [0.25, 0.3) is 0 Å². The van der Waals surface area contributed by atoms with Crippen molar-refractivity contribution in [1.29, 1.82) is 0 Å². The second-order valence-corrected chi connectivity index (χ2v) is 2.72. The van der Waals surface area contributed by atoms with E-state index in [-0.39, 0.29) is 0 Å². The topological polar surface area (TPSA) is 0 Å². The SMILES string of the molecule is [B]CCCC(C=C)CCC. The van der Waals surface area contributed by atoms with E-state index in [2.05, 4.69) is 19.6 Å². The molecule has 0 rings (SSSR count). The Labute approximate surface area is 66.1 Å². The molecule has 0 aromatic carbocycles. The molecule has 0 spiro atoms. The van der Waals surface area contributed by atoms with Crippen LogP contribution >= 0.6 is 0 Å². The maximum Gasteiger partial charge on any atom is 0.0653 e. The first-order valence-corrected chi connectivity index (χ1v) is 4.17. The second-order valence-electron chi connectivity index (χ2n) is 2.72. The molecule has 0 saturated carbocycles. The molecule has 0 aliphatic heterocycles. The predicted molar refractivity (Wildman–Crippen MR) is 48.4 cm³/mol. The van der Waals surface area contributed by atoms with E-state index in [0.29, 0.717) is 5.92 Å². The lowest BCUT2D eigenvalue weighted by Gasteiger charge is -2.08. The van der Waals surface area contributed by atoms with Crippen molar-refractivity contribution in [3.63, 3.8) is 0 Å². The van der Waals surface area contributed by atoms with Gasteiger partial charge in [0, 0.05) is 0 Å². The number of rotatable bonds is 6. The molecule has 0 nitrogen and oxygen atoms in total. The molecule has 0 aromatic rings. The summed E-state index contributed by atoms with van der Waals surface area (Å²) in [4.78, 5) is 0. The highest BCUT2D eigenvalue weighted by molar-refractivity contribution is 6.08. The molecule has 1 heteroatoms. The maximum absolute atomic E-state index is 5.39. The van der Waals surface area contributed by atoms with Gasteiger partial charge in [-0.3, -0.25) is 0 Å². The predicted octanol–water partition coefficient (Wildman–Crippen LogP) is 2.96. The van der Waals surface area contributed by atoms with Gasteiger partial charge in [-0.25, -0.2) is 0 Å². The van der Waals surface area contributed by atoms with Crippen LogP contribution in [-0.2, 0) is 0 Å². The van der Waals surface area contributed by atoms with Crippen LogP contribution in [0.1, 0.15) is 32.6 Å². The Morgan fingerprint density at radius 3 is 2.60 bits per heavy atom. The van der Waals surface area contributed by atoms with Crippen LogP contribution in [0.15, 0.2) is 12.7 Å².